The van der Waals surface area contributed by atoms with Gasteiger partial charge in [0.05, 0.1) is 22.4 Å². The summed E-state index contributed by atoms with van der Waals surface area (Å²) >= 11 is 0. The highest BCUT2D eigenvalue weighted by Gasteiger charge is 2.10. The molecule has 2 heterocycles. The number of aromatic amines is 1. The molecule has 6 nitrogen and oxygen atoms in total. The van der Waals surface area contributed by atoms with Crippen molar-refractivity contribution in [2.75, 3.05) is 6.26 Å². The lowest BCUT2D eigenvalue weighted by Crippen LogP contribution is -2.08. The van der Waals surface area contributed by atoms with Gasteiger partial charge in [0.25, 0.3) is 5.56 Å². The van der Waals surface area contributed by atoms with Crippen LogP contribution in [0.1, 0.15) is 0 Å². The van der Waals surface area contributed by atoms with Gasteiger partial charge in [0, 0.05) is 11.8 Å². The van der Waals surface area contributed by atoms with E-state index in [2.05, 4.69) is 15.0 Å². The van der Waals surface area contributed by atoms with Gasteiger partial charge in [0.1, 0.15) is 0 Å². The zero-order valence-electron chi connectivity index (χ0n) is 11.1. The first-order valence-corrected chi connectivity index (χ1v) is 7.99. The Hall–Kier alpha value is -2.54. The van der Waals surface area contributed by atoms with Crippen molar-refractivity contribution in [2.45, 2.75) is 4.90 Å². The van der Waals surface area contributed by atoms with Crippen molar-refractivity contribution in [3.63, 3.8) is 0 Å². The number of hydrogen-bond acceptors (Lipinski definition) is 5. The lowest BCUT2D eigenvalue weighted by molar-refractivity contribution is 0.602. The fraction of sp³-hybridized carbons (Fsp3) is 0.0714. The molecule has 2 aromatic heterocycles. The van der Waals surface area contributed by atoms with Gasteiger partial charge < -0.3 is 4.98 Å². The molecule has 7 heteroatoms. The maximum atomic E-state index is 11.7. The maximum Gasteiger partial charge on any atom is 0.277 e. The van der Waals surface area contributed by atoms with Crippen LogP contribution in [0.3, 0.4) is 0 Å². The van der Waals surface area contributed by atoms with Crippen LogP contribution < -0.4 is 5.56 Å². The molecule has 0 aliphatic heterocycles. The minimum atomic E-state index is -3.29. The minimum absolute atomic E-state index is 0.210. The summed E-state index contributed by atoms with van der Waals surface area (Å²) in [4.78, 5) is 22.7. The van der Waals surface area contributed by atoms with E-state index in [9.17, 15) is 13.2 Å². The largest absolute Gasteiger partial charge is 0.311 e. The predicted octanol–water partition coefficient (Wildman–Crippen LogP) is 1.39. The second-order valence-corrected chi connectivity index (χ2v) is 6.61. The monoisotopic (exact) mass is 301 g/mol. The molecule has 1 N–H and O–H groups in total. The normalized spacial score (nSPS) is 11.7. The summed E-state index contributed by atoms with van der Waals surface area (Å²) in [5.41, 5.74) is 1.53. The third kappa shape index (κ3) is 2.55. The number of rotatable bonds is 2. The number of aromatic nitrogens is 3. The SMILES string of the molecule is CS(=O)(=O)c1cccc(-c2ccc3nc[nH]c(=O)c3n2)c1. The van der Waals surface area contributed by atoms with Gasteiger partial charge in [-0.1, -0.05) is 12.1 Å². The molecule has 3 rings (SSSR count). The molecule has 0 bridgehead atoms. The van der Waals surface area contributed by atoms with E-state index in [1.807, 2.05) is 0 Å². The summed E-state index contributed by atoms with van der Waals surface area (Å²) in [5, 5.41) is 0. The van der Waals surface area contributed by atoms with E-state index in [1.165, 1.54) is 18.5 Å². The fourth-order valence-electron chi connectivity index (χ4n) is 2.00. The first-order chi connectivity index (χ1) is 9.95. The Labute approximate surface area is 120 Å². The molecule has 0 amide bonds. The molecule has 0 atom stereocenters. The zero-order chi connectivity index (χ0) is 15.0. The van der Waals surface area contributed by atoms with Gasteiger partial charge in [-0.05, 0) is 24.3 Å². The molecule has 0 saturated carbocycles. The highest BCUT2D eigenvalue weighted by molar-refractivity contribution is 7.90. The summed E-state index contributed by atoms with van der Waals surface area (Å²) in [7, 11) is -3.29. The molecule has 0 radical (unpaired) electrons. The lowest BCUT2D eigenvalue weighted by Gasteiger charge is -2.04. The van der Waals surface area contributed by atoms with Crippen LogP contribution in [0.4, 0.5) is 0 Å². The van der Waals surface area contributed by atoms with Crippen LogP contribution in [0.15, 0.2) is 52.4 Å². The molecule has 3 aromatic rings. The zero-order valence-corrected chi connectivity index (χ0v) is 11.9. The molecular formula is C14H11N3O3S. The van der Waals surface area contributed by atoms with E-state index in [1.54, 1.807) is 24.3 Å². The van der Waals surface area contributed by atoms with Gasteiger partial charge in [-0.2, -0.15) is 0 Å². The van der Waals surface area contributed by atoms with Gasteiger partial charge in [-0.15, -0.1) is 0 Å². The third-order valence-electron chi connectivity index (χ3n) is 3.05. The highest BCUT2D eigenvalue weighted by atomic mass is 32.2. The molecule has 0 spiro atoms. The average molecular weight is 301 g/mol. The first kappa shape index (κ1) is 13.4. The van der Waals surface area contributed by atoms with Crippen LogP contribution >= 0.6 is 0 Å². The number of sulfone groups is 1. The molecular weight excluding hydrogens is 290 g/mol. The van der Waals surface area contributed by atoms with E-state index in [4.69, 9.17) is 0 Å². The van der Waals surface area contributed by atoms with Crippen LogP contribution in [0.2, 0.25) is 0 Å². The smallest absolute Gasteiger partial charge is 0.277 e. The molecule has 106 valence electrons. The summed E-state index contributed by atoms with van der Waals surface area (Å²) < 4.78 is 23.2. The maximum absolute atomic E-state index is 11.7. The van der Waals surface area contributed by atoms with Gasteiger partial charge in [-0.3, -0.25) is 4.79 Å². The van der Waals surface area contributed by atoms with Crippen molar-refractivity contribution >= 4 is 20.9 Å². The minimum Gasteiger partial charge on any atom is -0.311 e. The Bertz CT molecular complexity index is 994. The number of benzene rings is 1. The number of pyridine rings is 1. The van der Waals surface area contributed by atoms with Gasteiger partial charge in [0.15, 0.2) is 15.4 Å². The topological polar surface area (TPSA) is 92.8 Å². The summed E-state index contributed by atoms with van der Waals surface area (Å²) in [5.74, 6) is 0. The third-order valence-corrected chi connectivity index (χ3v) is 4.16. The summed E-state index contributed by atoms with van der Waals surface area (Å²) in [6.45, 7) is 0. The second kappa shape index (κ2) is 4.78. The van der Waals surface area contributed by atoms with Gasteiger partial charge in [0.2, 0.25) is 0 Å². The Morgan fingerprint density at radius 2 is 1.95 bits per heavy atom. The van der Waals surface area contributed by atoms with Crippen LogP contribution in [-0.2, 0) is 9.84 Å². The molecule has 0 unspecified atom stereocenters. The predicted molar refractivity (Wildman–Crippen MR) is 78.7 cm³/mol. The number of hydrogen-bond donors (Lipinski definition) is 1. The number of H-pyrrole nitrogens is 1. The Morgan fingerprint density at radius 3 is 2.71 bits per heavy atom. The Kier molecular flexibility index (Phi) is 3.06. The molecule has 21 heavy (non-hydrogen) atoms. The second-order valence-electron chi connectivity index (χ2n) is 4.60. The standard InChI is InChI=1S/C14H11N3O3S/c1-21(19,20)10-4-2-3-9(7-10)11-5-6-12-13(17-11)14(18)16-8-15-12/h2-8H,1H3,(H,15,16,18). The van der Waals surface area contributed by atoms with E-state index < -0.39 is 9.84 Å². The van der Waals surface area contributed by atoms with Crippen molar-refractivity contribution in [3.8, 4) is 11.3 Å². The molecule has 0 aliphatic carbocycles. The van der Waals surface area contributed by atoms with Crippen LogP contribution in [0, 0.1) is 0 Å². The lowest BCUT2D eigenvalue weighted by atomic mass is 10.1. The molecule has 0 fully saturated rings. The van der Waals surface area contributed by atoms with Crippen molar-refractivity contribution in [1.82, 2.24) is 15.0 Å². The van der Waals surface area contributed by atoms with Crippen molar-refractivity contribution < 1.29 is 8.42 Å². The molecule has 1 aromatic carbocycles. The first-order valence-electron chi connectivity index (χ1n) is 6.10. The van der Waals surface area contributed by atoms with Crippen LogP contribution in [-0.4, -0.2) is 29.6 Å². The van der Waals surface area contributed by atoms with E-state index in [-0.39, 0.29) is 16.0 Å². The summed E-state index contributed by atoms with van der Waals surface area (Å²) in [6.07, 6.45) is 2.46. The van der Waals surface area contributed by atoms with Crippen LogP contribution in [0.5, 0.6) is 0 Å². The quantitative estimate of drug-likeness (QED) is 0.772. The number of fused-ring (bicyclic) bond motifs is 1. The van der Waals surface area contributed by atoms with Crippen molar-refractivity contribution in [1.29, 1.82) is 0 Å². The number of nitrogens with zero attached hydrogens (tertiary/aromatic N) is 2. The molecule has 0 saturated heterocycles. The van der Waals surface area contributed by atoms with E-state index in [0.717, 1.165) is 6.26 Å². The van der Waals surface area contributed by atoms with E-state index >= 15 is 0 Å². The van der Waals surface area contributed by atoms with Crippen LogP contribution in [0.25, 0.3) is 22.3 Å². The van der Waals surface area contributed by atoms with E-state index in [0.29, 0.717) is 16.8 Å². The molecule has 0 aliphatic rings. The Morgan fingerprint density at radius 1 is 1.14 bits per heavy atom. The van der Waals surface area contributed by atoms with Gasteiger partial charge in [-0.25, -0.2) is 18.4 Å². The fourth-order valence-corrected chi connectivity index (χ4v) is 2.67. The highest BCUT2D eigenvalue weighted by Crippen LogP contribution is 2.21. The average Bonchev–Trinajstić information content (AvgIpc) is 2.47. The van der Waals surface area contributed by atoms with Gasteiger partial charge >= 0.3 is 0 Å². The van der Waals surface area contributed by atoms with Crippen molar-refractivity contribution in [3.05, 3.63) is 53.1 Å². The summed E-state index contributed by atoms with van der Waals surface area (Å²) in [6, 6.07) is 9.83. The Balaban J connectivity index is 2.21. The number of nitrogens with one attached hydrogen (secondary N) is 1. The van der Waals surface area contributed by atoms with Crippen molar-refractivity contribution in [2.24, 2.45) is 0 Å².